The molecule has 1 aliphatic heterocycles. The second-order valence-electron chi connectivity index (χ2n) is 6.90. The van der Waals surface area contributed by atoms with Crippen LogP contribution in [0.5, 0.6) is 11.5 Å². The highest BCUT2D eigenvalue weighted by molar-refractivity contribution is 6.31. The highest BCUT2D eigenvalue weighted by Crippen LogP contribution is 2.27. The molecule has 2 aromatic carbocycles. The molecule has 1 unspecified atom stereocenters. The maximum atomic E-state index is 12.8. The molecule has 2 aromatic rings. The topological polar surface area (TPSA) is 38.8 Å². The molecule has 1 aliphatic rings. The number of likely N-dealkylation sites (tertiary alicyclic amines) is 1. The maximum Gasteiger partial charge on any atom is 0.223 e. The lowest BCUT2D eigenvalue weighted by molar-refractivity contribution is -0.131. The van der Waals surface area contributed by atoms with Crippen LogP contribution in [0, 0.1) is 0 Å². The lowest BCUT2D eigenvalue weighted by Gasteiger charge is -2.25. The average molecular weight is 388 g/mol. The second-order valence-corrected chi connectivity index (χ2v) is 7.31. The van der Waals surface area contributed by atoms with E-state index < -0.39 is 0 Å². The summed E-state index contributed by atoms with van der Waals surface area (Å²) in [6.07, 6.45) is 4.05. The molecule has 0 aromatic heterocycles. The van der Waals surface area contributed by atoms with Crippen molar-refractivity contribution in [1.29, 1.82) is 0 Å². The van der Waals surface area contributed by atoms with Gasteiger partial charge in [-0.05, 0) is 55.0 Å². The third kappa shape index (κ3) is 4.95. The number of carbonyl (C=O) groups is 1. The minimum Gasteiger partial charge on any atom is -0.497 e. The molecule has 1 atom stereocenters. The van der Waals surface area contributed by atoms with Crippen LogP contribution in [0.2, 0.25) is 5.02 Å². The summed E-state index contributed by atoms with van der Waals surface area (Å²) in [5.74, 6) is 1.69. The monoisotopic (exact) mass is 387 g/mol. The zero-order chi connectivity index (χ0) is 19.2. The number of nitrogens with zero attached hydrogens (tertiary/aromatic N) is 1. The standard InChI is InChI=1S/C22H26ClNO3/c1-26-19-12-16(13-20(15-19)27-2)9-10-22(25)24-11-5-7-18(24)14-17-6-3-4-8-21(17)23/h3-4,6,8,12-13,15,18H,5,7,9-11,14H2,1-2H3. The van der Waals surface area contributed by atoms with E-state index in [0.29, 0.717) is 12.8 Å². The van der Waals surface area contributed by atoms with Crippen LogP contribution in [0.4, 0.5) is 0 Å². The molecular formula is C22H26ClNO3. The SMILES string of the molecule is COc1cc(CCC(=O)N2CCCC2Cc2ccccc2Cl)cc(OC)c1. The highest BCUT2D eigenvalue weighted by atomic mass is 35.5. The molecule has 0 bridgehead atoms. The number of ether oxygens (including phenoxy) is 2. The zero-order valence-electron chi connectivity index (χ0n) is 15.9. The molecule has 0 aliphatic carbocycles. The molecule has 1 heterocycles. The van der Waals surface area contributed by atoms with Crippen LogP contribution in [0.25, 0.3) is 0 Å². The third-order valence-electron chi connectivity index (χ3n) is 5.15. The third-order valence-corrected chi connectivity index (χ3v) is 5.52. The lowest BCUT2D eigenvalue weighted by atomic mass is 10.0. The number of aryl methyl sites for hydroxylation is 1. The predicted molar refractivity (Wildman–Crippen MR) is 108 cm³/mol. The van der Waals surface area contributed by atoms with Crippen molar-refractivity contribution in [3.63, 3.8) is 0 Å². The fourth-order valence-corrected chi connectivity index (χ4v) is 3.91. The van der Waals surface area contributed by atoms with Crippen molar-refractivity contribution in [3.05, 3.63) is 58.6 Å². The number of benzene rings is 2. The van der Waals surface area contributed by atoms with E-state index in [9.17, 15) is 4.79 Å². The number of rotatable bonds is 7. The van der Waals surface area contributed by atoms with Crippen LogP contribution in [0.3, 0.4) is 0 Å². The maximum absolute atomic E-state index is 12.8. The van der Waals surface area contributed by atoms with Gasteiger partial charge in [-0.1, -0.05) is 29.8 Å². The number of amides is 1. The minimum atomic E-state index is 0.200. The summed E-state index contributed by atoms with van der Waals surface area (Å²) in [7, 11) is 3.26. The first-order chi connectivity index (χ1) is 13.1. The van der Waals surface area contributed by atoms with Crippen LogP contribution in [-0.4, -0.2) is 37.6 Å². The number of hydrogen-bond donors (Lipinski definition) is 0. The largest absolute Gasteiger partial charge is 0.497 e. The van der Waals surface area contributed by atoms with Crippen LogP contribution in [-0.2, 0) is 17.6 Å². The van der Waals surface area contributed by atoms with Gasteiger partial charge in [-0.2, -0.15) is 0 Å². The van der Waals surface area contributed by atoms with Gasteiger partial charge in [0.15, 0.2) is 0 Å². The van der Waals surface area contributed by atoms with E-state index in [1.165, 1.54) is 0 Å². The Balaban J connectivity index is 1.62. The zero-order valence-corrected chi connectivity index (χ0v) is 16.7. The summed E-state index contributed by atoms with van der Waals surface area (Å²) in [4.78, 5) is 14.9. The molecular weight excluding hydrogens is 362 g/mol. The van der Waals surface area contributed by atoms with Crippen LogP contribution < -0.4 is 9.47 Å². The Morgan fingerprint density at radius 3 is 2.52 bits per heavy atom. The molecule has 27 heavy (non-hydrogen) atoms. The summed E-state index contributed by atoms with van der Waals surface area (Å²) in [6.45, 7) is 0.829. The van der Waals surface area contributed by atoms with Gasteiger partial charge in [0.05, 0.1) is 14.2 Å². The van der Waals surface area contributed by atoms with Gasteiger partial charge in [0, 0.05) is 30.1 Å². The highest BCUT2D eigenvalue weighted by Gasteiger charge is 2.28. The van der Waals surface area contributed by atoms with Crippen LogP contribution in [0.15, 0.2) is 42.5 Å². The molecule has 1 fully saturated rings. The molecule has 144 valence electrons. The van der Waals surface area contributed by atoms with Gasteiger partial charge < -0.3 is 14.4 Å². The van der Waals surface area contributed by atoms with Crippen LogP contribution in [0.1, 0.15) is 30.4 Å². The van der Waals surface area contributed by atoms with Crippen molar-refractivity contribution in [2.75, 3.05) is 20.8 Å². The van der Waals surface area contributed by atoms with E-state index in [0.717, 1.165) is 53.5 Å². The van der Waals surface area contributed by atoms with Gasteiger partial charge >= 0.3 is 0 Å². The molecule has 0 radical (unpaired) electrons. The van der Waals surface area contributed by atoms with E-state index in [1.54, 1.807) is 14.2 Å². The number of halogens is 1. The summed E-state index contributed by atoms with van der Waals surface area (Å²) >= 11 is 6.30. The van der Waals surface area contributed by atoms with Crippen LogP contribution >= 0.6 is 11.6 Å². The van der Waals surface area contributed by atoms with Crippen molar-refractivity contribution in [1.82, 2.24) is 4.90 Å². The molecule has 4 nitrogen and oxygen atoms in total. The van der Waals surface area contributed by atoms with E-state index in [2.05, 4.69) is 0 Å². The predicted octanol–water partition coefficient (Wildman–Crippen LogP) is 4.52. The Bertz CT molecular complexity index is 771. The number of carbonyl (C=O) groups excluding carboxylic acids is 1. The van der Waals surface area contributed by atoms with Crippen molar-refractivity contribution in [2.24, 2.45) is 0 Å². The molecule has 1 saturated heterocycles. The molecule has 3 rings (SSSR count). The van der Waals surface area contributed by atoms with E-state index in [-0.39, 0.29) is 11.9 Å². The van der Waals surface area contributed by atoms with Gasteiger partial charge in [-0.25, -0.2) is 0 Å². The molecule has 5 heteroatoms. The Morgan fingerprint density at radius 1 is 1.15 bits per heavy atom. The van der Waals surface area contributed by atoms with Gasteiger partial charge in [-0.3, -0.25) is 4.79 Å². The molecule has 0 N–H and O–H groups in total. The van der Waals surface area contributed by atoms with Gasteiger partial charge in [-0.15, -0.1) is 0 Å². The average Bonchev–Trinajstić information content (AvgIpc) is 3.15. The van der Waals surface area contributed by atoms with Gasteiger partial charge in [0.1, 0.15) is 11.5 Å². The smallest absolute Gasteiger partial charge is 0.223 e. The quantitative estimate of drug-likeness (QED) is 0.700. The summed E-state index contributed by atoms with van der Waals surface area (Å²) in [6, 6.07) is 13.9. The Kier molecular flexibility index (Phi) is 6.62. The van der Waals surface area contributed by atoms with Gasteiger partial charge in [0.2, 0.25) is 5.91 Å². The van der Waals surface area contributed by atoms with E-state index in [1.807, 2.05) is 47.4 Å². The molecule has 1 amide bonds. The molecule has 0 spiro atoms. The first kappa shape index (κ1) is 19.6. The van der Waals surface area contributed by atoms with Crippen molar-refractivity contribution in [3.8, 4) is 11.5 Å². The summed E-state index contributed by atoms with van der Waals surface area (Å²) in [5, 5.41) is 0.778. The molecule has 0 saturated carbocycles. The van der Waals surface area contributed by atoms with Crippen molar-refractivity contribution >= 4 is 17.5 Å². The van der Waals surface area contributed by atoms with E-state index in [4.69, 9.17) is 21.1 Å². The first-order valence-corrected chi connectivity index (χ1v) is 9.73. The Labute approximate surface area is 166 Å². The number of methoxy groups -OCH3 is 2. The number of hydrogen-bond acceptors (Lipinski definition) is 3. The minimum absolute atomic E-state index is 0.200. The van der Waals surface area contributed by atoms with Crippen molar-refractivity contribution < 1.29 is 14.3 Å². The first-order valence-electron chi connectivity index (χ1n) is 9.35. The summed E-state index contributed by atoms with van der Waals surface area (Å²) in [5.41, 5.74) is 2.16. The fourth-order valence-electron chi connectivity index (χ4n) is 3.70. The lowest BCUT2D eigenvalue weighted by Crippen LogP contribution is -2.37. The summed E-state index contributed by atoms with van der Waals surface area (Å²) < 4.78 is 10.6. The van der Waals surface area contributed by atoms with Crippen molar-refractivity contribution in [2.45, 2.75) is 38.1 Å². The second kappa shape index (κ2) is 9.14. The van der Waals surface area contributed by atoms with E-state index >= 15 is 0 Å². The fraction of sp³-hybridized carbons (Fsp3) is 0.409. The normalized spacial score (nSPS) is 16.4. The Morgan fingerprint density at radius 2 is 1.85 bits per heavy atom. The van der Waals surface area contributed by atoms with Gasteiger partial charge in [0.25, 0.3) is 0 Å². The Hall–Kier alpha value is -2.20.